The highest BCUT2D eigenvalue weighted by Crippen LogP contribution is 2.26. The van der Waals surface area contributed by atoms with E-state index < -0.39 is 29.4 Å². The molecule has 1 aliphatic heterocycles. The van der Waals surface area contributed by atoms with Gasteiger partial charge in [0.05, 0.1) is 18.8 Å². The number of aromatic nitrogens is 2. The van der Waals surface area contributed by atoms with Crippen LogP contribution in [0.4, 0.5) is 17.2 Å². The Balaban J connectivity index is 1.33. The number of ether oxygens (including phenoxy) is 1. The maximum Gasteiger partial charge on any atom is 0.308 e. The summed E-state index contributed by atoms with van der Waals surface area (Å²) >= 11 is 12.2. The minimum Gasteiger partial charge on any atom is -0.481 e. The first-order valence-electron chi connectivity index (χ1n) is 13.2. The number of H-pyrrole nitrogens is 1. The number of aromatic amines is 1. The SMILES string of the molecule is O=CN1c2c(nc[nH]c2=O)NC[C@@H]1CNc1ccc(C(=O)N[C@@H](CCC(=O)O)CC(=O)OCc2c(Cl)cccc2Cl)cc1. The molecule has 2 atom stereocenters. The van der Waals surface area contributed by atoms with Crippen molar-refractivity contribution in [1.29, 1.82) is 0 Å². The largest absolute Gasteiger partial charge is 0.481 e. The minimum absolute atomic E-state index is 0.00675. The number of carbonyl (C=O) groups excluding carboxylic acids is 3. The lowest BCUT2D eigenvalue weighted by atomic mass is 10.1. The van der Waals surface area contributed by atoms with E-state index in [4.69, 9.17) is 33.0 Å². The molecule has 0 aliphatic carbocycles. The second-order valence-corrected chi connectivity index (χ2v) is 10.4. The molecule has 0 fully saturated rings. The van der Waals surface area contributed by atoms with Crippen LogP contribution in [0.15, 0.2) is 53.6 Å². The molecule has 2 amide bonds. The number of amides is 2. The number of aliphatic carboxylic acids is 1. The molecule has 4 rings (SSSR count). The standard InChI is InChI=1S/C28H28Cl2N6O7/c29-21-2-1-3-22(30)20(21)13-43-24(40)10-18(8-9-23(38)39)35-27(41)16-4-6-17(7-5-16)31-11-19-12-32-26-25(36(19)15-37)28(42)34-14-33-26/h1-7,14-15,18-19,31H,8-13H2,(H,35,41)(H,38,39)(H2,32,33,34,42)/t18-,19-/m0/s1. The average Bonchev–Trinajstić information content (AvgIpc) is 2.98. The van der Waals surface area contributed by atoms with Gasteiger partial charge in [0.1, 0.15) is 6.61 Å². The van der Waals surface area contributed by atoms with E-state index in [9.17, 15) is 24.0 Å². The number of nitrogens with one attached hydrogen (secondary N) is 4. The van der Waals surface area contributed by atoms with Crippen LogP contribution in [0.1, 0.15) is 35.2 Å². The van der Waals surface area contributed by atoms with Crippen LogP contribution < -0.4 is 26.4 Å². The summed E-state index contributed by atoms with van der Waals surface area (Å²) in [6.07, 6.45) is 1.32. The van der Waals surface area contributed by atoms with Crippen LogP contribution in [0, 0.1) is 0 Å². The van der Waals surface area contributed by atoms with Crippen molar-refractivity contribution in [2.24, 2.45) is 0 Å². The number of carboxylic acid groups (broad SMARTS) is 1. The molecule has 5 N–H and O–H groups in total. The van der Waals surface area contributed by atoms with E-state index in [2.05, 4.69) is 25.9 Å². The smallest absolute Gasteiger partial charge is 0.308 e. The van der Waals surface area contributed by atoms with Crippen molar-refractivity contribution < 1.29 is 29.0 Å². The molecule has 1 aromatic heterocycles. The molecule has 2 heterocycles. The number of benzene rings is 2. The number of carbonyl (C=O) groups is 4. The number of anilines is 3. The predicted molar refractivity (Wildman–Crippen MR) is 160 cm³/mol. The molecule has 0 saturated carbocycles. The number of rotatable bonds is 13. The van der Waals surface area contributed by atoms with Crippen LogP contribution in [0.2, 0.25) is 10.0 Å². The molecule has 226 valence electrons. The van der Waals surface area contributed by atoms with Crippen molar-refractivity contribution in [1.82, 2.24) is 15.3 Å². The van der Waals surface area contributed by atoms with Gasteiger partial charge in [0.15, 0.2) is 11.5 Å². The van der Waals surface area contributed by atoms with Crippen molar-refractivity contribution in [3.63, 3.8) is 0 Å². The Labute approximate surface area is 255 Å². The summed E-state index contributed by atoms with van der Waals surface area (Å²) in [7, 11) is 0. The summed E-state index contributed by atoms with van der Waals surface area (Å²) in [6, 6.07) is 10.1. The fourth-order valence-electron chi connectivity index (χ4n) is 4.42. The van der Waals surface area contributed by atoms with Crippen molar-refractivity contribution in [2.45, 2.75) is 38.0 Å². The van der Waals surface area contributed by atoms with E-state index in [0.29, 0.717) is 46.6 Å². The van der Waals surface area contributed by atoms with Gasteiger partial charge in [-0.1, -0.05) is 29.3 Å². The summed E-state index contributed by atoms with van der Waals surface area (Å²) in [5, 5.41) is 18.7. The molecule has 0 bridgehead atoms. The van der Waals surface area contributed by atoms with Gasteiger partial charge in [-0.15, -0.1) is 0 Å². The van der Waals surface area contributed by atoms with Crippen LogP contribution >= 0.6 is 23.2 Å². The molecular weight excluding hydrogens is 603 g/mol. The zero-order valence-electron chi connectivity index (χ0n) is 22.6. The van der Waals surface area contributed by atoms with E-state index in [1.54, 1.807) is 42.5 Å². The van der Waals surface area contributed by atoms with E-state index in [1.165, 1.54) is 11.2 Å². The lowest BCUT2D eigenvalue weighted by Crippen LogP contribution is -2.49. The fraction of sp³-hybridized carbons (Fsp3) is 0.286. The number of carboxylic acids is 1. The Hall–Kier alpha value is -4.62. The molecule has 0 unspecified atom stereocenters. The Morgan fingerprint density at radius 1 is 1.16 bits per heavy atom. The summed E-state index contributed by atoms with van der Waals surface area (Å²) in [5.41, 5.74) is 1.06. The molecule has 3 aromatic rings. The number of hydrogen-bond donors (Lipinski definition) is 5. The van der Waals surface area contributed by atoms with Crippen LogP contribution in [-0.2, 0) is 25.7 Å². The maximum atomic E-state index is 12.9. The van der Waals surface area contributed by atoms with Crippen molar-refractivity contribution in [2.75, 3.05) is 28.6 Å². The predicted octanol–water partition coefficient (Wildman–Crippen LogP) is 3.04. The first kappa shape index (κ1) is 31.3. The molecule has 0 spiro atoms. The zero-order chi connectivity index (χ0) is 30.9. The average molecular weight is 631 g/mol. The fourth-order valence-corrected chi connectivity index (χ4v) is 4.92. The highest BCUT2D eigenvalue weighted by molar-refractivity contribution is 6.35. The van der Waals surface area contributed by atoms with Crippen molar-refractivity contribution >= 4 is 64.7 Å². The Morgan fingerprint density at radius 3 is 2.56 bits per heavy atom. The third-order valence-corrected chi connectivity index (χ3v) is 7.39. The first-order chi connectivity index (χ1) is 20.7. The van der Waals surface area contributed by atoms with Crippen LogP contribution in [0.3, 0.4) is 0 Å². The van der Waals surface area contributed by atoms with Gasteiger partial charge in [0.2, 0.25) is 6.41 Å². The topological polar surface area (TPSA) is 183 Å². The lowest BCUT2D eigenvalue weighted by Gasteiger charge is -2.33. The minimum atomic E-state index is -1.07. The number of nitrogens with zero attached hydrogens (tertiary/aromatic N) is 2. The second-order valence-electron chi connectivity index (χ2n) is 9.60. The van der Waals surface area contributed by atoms with Gasteiger partial charge in [-0.25, -0.2) is 4.98 Å². The quantitative estimate of drug-likeness (QED) is 0.139. The Morgan fingerprint density at radius 2 is 1.88 bits per heavy atom. The highest BCUT2D eigenvalue weighted by atomic mass is 35.5. The summed E-state index contributed by atoms with van der Waals surface area (Å²) in [4.78, 5) is 68.4. The highest BCUT2D eigenvalue weighted by Gasteiger charge is 2.29. The molecule has 43 heavy (non-hydrogen) atoms. The Bertz CT molecular complexity index is 1530. The first-order valence-corrected chi connectivity index (χ1v) is 13.9. The van der Waals surface area contributed by atoms with Crippen molar-refractivity contribution in [3.05, 3.63) is 80.3 Å². The molecule has 13 nitrogen and oxygen atoms in total. The molecule has 0 saturated heterocycles. The van der Waals surface area contributed by atoms with Crippen LogP contribution in [-0.4, -0.2) is 64.5 Å². The van der Waals surface area contributed by atoms with Gasteiger partial charge in [-0.05, 0) is 42.8 Å². The normalized spacial score (nSPS) is 14.6. The second kappa shape index (κ2) is 14.5. The monoisotopic (exact) mass is 630 g/mol. The third kappa shape index (κ3) is 8.23. The number of halogens is 2. The van der Waals surface area contributed by atoms with Gasteiger partial charge >= 0.3 is 11.9 Å². The van der Waals surface area contributed by atoms with E-state index in [0.717, 1.165) is 0 Å². The lowest BCUT2D eigenvalue weighted by molar-refractivity contribution is -0.146. The third-order valence-electron chi connectivity index (χ3n) is 6.68. The summed E-state index contributed by atoms with van der Waals surface area (Å²) in [5.74, 6) is -1.91. The number of esters is 1. The summed E-state index contributed by atoms with van der Waals surface area (Å²) < 4.78 is 5.28. The van der Waals surface area contributed by atoms with E-state index in [1.807, 2.05) is 0 Å². The maximum absolute atomic E-state index is 12.9. The molecule has 2 aromatic carbocycles. The van der Waals surface area contributed by atoms with Gasteiger partial charge in [-0.3, -0.25) is 24.0 Å². The van der Waals surface area contributed by atoms with E-state index >= 15 is 0 Å². The molecule has 0 radical (unpaired) electrons. The van der Waals surface area contributed by atoms with Gasteiger partial charge in [0.25, 0.3) is 11.5 Å². The van der Waals surface area contributed by atoms with Crippen LogP contribution in [0.25, 0.3) is 0 Å². The van der Waals surface area contributed by atoms with Gasteiger partial charge < -0.3 is 35.7 Å². The molecule has 15 heteroatoms. The summed E-state index contributed by atoms with van der Waals surface area (Å²) in [6.45, 7) is 0.484. The van der Waals surface area contributed by atoms with Crippen molar-refractivity contribution in [3.8, 4) is 0 Å². The number of fused-ring (bicyclic) bond motifs is 1. The number of hydrogen-bond acceptors (Lipinski definition) is 9. The Kier molecular flexibility index (Phi) is 10.6. The van der Waals surface area contributed by atoms with Gasteiger partial charge in [-0.2, -0.15) is 0 Å². The molecular formula is C28H28Cl2N6O7. The van der Waals surface area contributed by atoms with Crippen LogP contribution in [0.5, 0.6) is 0 Å². The van der Waals surface area contributed by atoms with Gasteiger partial charge in [0, 0.05) is 52.4 Å². The molecule has 1 aliphatic rings. The van der Waals surface area contributed by atoms with E-state index in [-0.39, 0.29) is 43.2 Å². The zero-order valence-corrected chi connectivity index (χ0v) is 24.2.